The number of rotatable bonds is 10. The van der Waals surface area contributed by atoms with Crippen LogP contribution in [0.15, 0.2) is 54.3 Å². The minimum Gasteiger partial charge on any atom is -0.493 e. The fraction of sp³-hybridized carbons (Fsp3) is 0.441. The average Bonchev–Trinajstić information content (AvgIpc) is 3.40. The number of hydrogen-bond acceptors (Lipinski definition) is 13. The van der Waals surface area contributed by atoms with Gasteiger partial charge < -0.3 is 43.5 Å². The van der Waals surface area contributed by atoms with Gasteiger partial charge in [-0.3, -0.25) is 9.59 Å². The molecule has 2 aliphatic carbocycles. The molecule has 4 aliphatic rings. The molecule has 2 heterocycles. The highest BCUT2D eigenvalue weighted by molar-refractivity contribution is 5.90. The first-order valence-electron chi connectivity index (χ1n) is 15.4. The number of hydrogen-bond donors (Lipinski definition) is 2. The quantitative estimate of drug-likeness (QED) is 0.276. The number of carboxylic acids is 1. The van der Waals surface area contributed by atoms with Crippen molar-refractivity contribution in [2.45, 2.75) is 74.6 Å². The number of carboxylic acid groups (broad SMARTS) is 1. The van der Waals surface area contributed by atoms with Crippen molar-refractivity contribution in [3.8, 4) is 11.5 Å². The number of methoxy groups -OCH3 is 1. The molecule has 14 heteroatoms. The molecule has 0 radical (unpaired) electrons. The van der Waals surface area contributed by atoms with Crippen LogP contribution in [0.1, 0.15) is 49.5 Å². The van der Waals surface area contributed by atoms with Crippen molar-refractivity contribution in [1.29, 1.82) is 0 Å². The molecule has 254 valence electrons. The second kappa shape index (κ2) is 12.3. The van der Waals surface area contributed by atoms with E-state index in [4.69, 9.17) is 28.4 Å². The summed E-state index contributed by atoms with van der Waals surface area (Å²) in [7, 11) is 3.44. The van der Waals surface area contributed by atoms with Gasteiger partial charge in [0.05, 0.1) is 18.1 Å². The van der Waals surface area contributed by atoms with Gasteiger partial charge in [-0.15, -0.1) is 0 Å². The Bertz CT molecular complexity index is 1710. The standard InChI is InChI=1S/C34H35NO13/c1-17(36)44-27(28(45-18(2)37)32(41)48-25(30(38)39)19-8-6-5-7-9-19)31(40)46-22-12-13-34(42)23-16-20-10-11-21(43-4)26-24(20)33(34,29(22)47-26)14-15-35(23)3/h5-12,23,25,27-29,42H,13-16H2,1-4H3,(H,38,39)/t23-,25-,27+,28+,29-,33-,34+/m0/s1. The van der Waals surface area contributed by atoms with Gasteiger partial charge in [0.15, 0.2) is 17.6 Å². The Morgan fingerprint density at radius 3 is 2.25 bits per heavy atom. The van der Waals surface area contributed by atoms with Crippen molar-refractivity contribution in [2.75, 3.05) is 20.7 Å². The summed E-state index contributed by atoms with van der Waals surface area (Å²) in [5, 5.41) is 22.2. The Balaban J connectivity index is 1.35. The van der Waals surface area contributed by atoms with E-state index in [1.807, 2.05) is 13.1 Å². The summed E-state index contributed by atoms with van der Waals surface area (Å²) in [6, 6.07) is 10.9. The number of likely N-dealkylation sites (N-methyl/N-ethyl adjacent to an activating group) is 1. The summed E-state index contributed by atoms with van der Waals surface area (Å²) in [5.41, 5.74) is -0.528. The largest absolute Gasteiger partial charge is 0.493 e. The Morgan fingerprint density at radius 1 is 0.958 bits per heavy atom. The summed E-state index contributed by atoms with van der Waals surface area (Å²) in [6.45, 7) is 2.51. The second-order valence-corrected chi connectivity index (χ2v) is 12.3. The van der Waals surface area contributed by atoms with Gasteiger partial charge in [0.25, 0.3) is 0 Å². The topological polar surface area (TPSA) is 184 Å². The van der Waals surface area contributed by atoms with Crippen LogP contribution < -0.4 is 9.47 Å². The lowest BCUT2D eigenvalue weighted by Crippen LogP contribution is -2.74. The molecule has 2 bridgehead atoms. The summed E-state index contributed by atoms with van der Waals surface area (Å²) in [5.74, 6) is -5.58. The summed E-state index contributed by atoms with van der Waals surface area (Å²) in [6.07, 6.45) is -4.71. The fourth-order valence-electron chi connectivity index (χ4n) is 7.66. The lowest BCUT2D eigenvalue weighted by molar-refractivity contribution is -0.195. The van der Waals surface area contributed by atoms with Crippen LogP contribution in [0, 0.1) is 0 Å². The molecular weight excluding hydrogens is 630 g/mol. The van der Waals surface area contributed by atoms with Crippen molar-refractivity contribution < 1.29 is 62.6 Å². The molecule has 1 fully saturated rings. The van der Waals surface area contributed by atoms with Crippen molar-refractivity contribution in [1.82, 2.24) is 4.90 Å². The van der Waals surface area contributed by atoms with E-state index in [-0.39, 0.29) is 23.8 Å². The highest BCUT2D eigenvalue weighted by Crippen LogP contribution is 2.65. The maximum absolute atomic E-state index is 13.9. The average molecular weight is 666 g/mol. The molecule has 7 atom stereocenters. The molecule has 48 heavy (non-hydrogen) atoms. The lowest BCUT2D eigenvalue weighted by Gasteiger charge is -2.61. The van der Waals surface area contributed by atoms with E-state index in [9.17, 15) is 34.2 Å². The molecular formula is C34H35NO13. The first-order valence-corrected chi connectivity index (χ1v) is 15.4. The molecule has 14 nitrogen and oxygen atoms in total. The molecule has 1 spiro atoms. The number of nitrogens with zero attached hydrogens (tertiary/aromatic N) is 1. The Labute approximate surface area is 275 Å². The van der Waals surface area contributed by atoms with Crippen LogP contribution in [-0.4, -0.2) is 95.6 Å². The monoisotopic (exact) mass is 665 g/mol. The molecule has 2 aromatic rings. The predicted molar refractivity (Wildman–Crippen MR) is 162 cm³/mol. The van der Waals surface area contributed by atoms with E-state index in [2.05, 4.69) is 4.90 Å². The maximum Gasteiger partial charge on any atom is 0.357 e. The number of ether oxygens (including phenoxy) is 6. The summed E-state index contributed by atoms with van der Waals surface area (Å²) in [4.78, 5) is 65.8. The molecule has 0 unspecified atom stereocenters. The number of piperidine rings is 1. The number of aliphatic hydroxyl groups is 1. The number of carbonyl (C=O) groups is 5. The summed E-state index contributed by atoms with van der Waals surface area (Å²) >= 11 is 0. The maximum atomic E-state index is 13.9. The highest BCUT2D eigenvalue weighted by Gasteiger charge is 2.72. The van der Waals surface area contributed by atoms with Crippen LogP contribution in [0.5, 0.6) is 11.5 Å². The van der Waals surface area contributed by atoms with E-state index in [1.54, 1.807) is 12.1 Å². The van der Waals surface area contributed by atoms with E-state index in [0.29, 0.717) is 30.9 Å². The van der Waals surface area contributed by atoms with Gasteiger partial charge in [0.1, 0.15) is 5.76 Å². The van der Waals surface area contributed by atoms with E-state index in [1.165, 1.54) is 37.5 Å². The third kappa shape index (κ3) is 5.15. The molecule has 0 aromatic heterocycles. The number of esters is 4. The van der Waals surface area contributed by atoms with Crippen molar-refractivity contribution >= 4 is 29.8 Å². The van der Waals surface area contributed by atoms with Gasteiger partial charge in [0, 0.05) is 37.4 Å². The zero-order valence-corrected chi connectivity index (χ0v) is 26.7. The van der Waals surface area contributed by atoms with Crippen molar-refractivity contribution in [3.63, 3.8) is 0 Å². The lowest BCUT2D eigenvalue weighted by atomic mass is 9.50. The SMILES string of the molecule is COc1ccc2c3c1O[C@H]1C(OC(=O)[C@H](OC(C)=O)[C@@H](OC(C)=O)C(=O)O[C@H](C(=O)O)c4ccccc4)=CC[C@@]4(O)[C@H](C2)N(C)CC[C@]314. The Kier molecular flexibility index (Phi) is 8.42. The molecule has 0 amide bonds. The van der Waals surface area contributed by atoms with Crippen LogP contribution in [0.2, 0.25) is 0 Å². The molecule has 2 aromatic carbocycles. The Hall–Kier alpha value is -4.95. The minimum absolute atomic E-state index is 0.0149. The second-order valence-electron chi connectivity index (χ2n) is 12.3. The van der Waals surface area contributed by atoms with Gasteiger partial charge in [-0.25, -0.2) is 14.4 Å². The molecule has 2 aliphatic heterocycles. The molecule has 1 saturated heterocycles. The molecule has 0 saturated carbocycles. The first-order chi connectivity index (χ1) is 22.8. The smallest absolute Gasteiger partial charge is 0.357 e. The van der Waals surface area contributed by atoms with Crippen LogP contribution in [0.4, 0.5) is 0 Å². The first kappa shape index (κ1) is 33.0. The van der Waals surface area contributed by atoms with Crippen molar-refractivity contribution in [2.24, 2.45) is 0 Å². The number of likely N-dealkylation sites (tertiary alicyclic amines) is 1. The summed E-state index contributed by atoms with van der Waals surface area (Å²) < 4.78 is 33.4. The zero-order chi connectivity index (χ0) is 34.5. The highest BCUT2D eigenvalue weighted by atomic mass is 16.6. The van der Waals surface area contributed by atoms with E-state index >= 15 is 0 Å². The predicted octanol–water partition coefficient (Wildman–Crippen LogP) is 1.75. The van der Waals surface area contributed by atoms with Crippen LogP contribution in [0.25, 0.3) is 0 Å². The van der Waals surface area contributed by atoms with Gasteiger partial charge in [-0.1, -0.05) is 36.4 Å². The minimum atomic E-state index is -2.24. The third-order valence-corrected chi connectivity index (χ3v) is 9.66. The van der Waals surface area contributed by atoms with Gasteiger partial charge in [-0.05, 0) is 44.1 Å². The zero-order valence-electron chi connectivity index (χ0n) is 26.7. The number of aliphatic carboxylic acids is 1. The number of benzene rings is 2. The van der Waals surface area contributed by atoms with Crippen LogP contribution >= 0.6 is 0 Å². The molecule has 6 rings (SSSR count). The van der Waals surface area contributed by atoms with E-state index < -0.39 is 65.3 Å². The van der Waals surface area contributed by atoms with Gasteiger partial charge >= 0.3 is 29.8 Å². The number of carbonyl (C=O) groups excluding carboxylic acids is 4. The van der Waals surface area contributed by atoms with Crippen molar-refractivity contribution in [3.05, 3.63) is 71.0 Å². The van der Waals surface area contributed by atoms with Crippen LogP contribution in [-0.2, 0) is 54.8 Å². The third-order valence-electron chi connectivity index (χ3n) is 9.66. The fourth-order valence-corrected chi connectivity index (χ4v) is 7.66. The Morgan fingerprint density at radius 2 is 1.62 bits per heavy atom. The van der Waals surface area contributed by atoms with Gasteiger partial charge in [0.2, 0.25) is 18.3 Å². The molecule has 2 N–H and O–H groups in total. The normalized spacial score (nSPS) is 26.7. The van der Waals surface area contributed by atoms with Crippen LogP contribution in [0.3, 0.4) is 0 Å². The van der Waals surface area contributed by atoms with Gasteiger partial charge in [-0.2, -0.15) is 0 Å². The van der Waals surface area contributed by atoms with E-state index in [0.717, 1.165) is 25.0 Å².